The average molecular weight is 288 g/mol. The molecule has 1 atom stereocenters. The van der Waals surface area contributed by atoms with Gasteiger partial charge >= 0.3 is 0 Å². The Labute approximate surface area is 129 Å². The smallest absolute Gasteiger partial charge is 0.115 e. The van der Waals surface area contributed by atoms with E-state index in [-0.39, 0.29) is 11.9 Å². The molecule has 1 aliphatic rings. The van der Waals surface area contributed by atoms with E-state index in [9.17, 15) is 5.11 Å². The Kier molecular flexibility index (Phi) is 3.17. The molecule has 0 saturated heterocycles. The van der Waals surface area contributed by atoms with E-state index in [1.165, 1.54) is 16.7 Å². The Morgan fingerprint density at radius 3 is 2.27 bits per heavy atom. The average Bonchev–Trinajstić information content (AvgIpc) is 2.73. The van der Waals surface area contributed by atoms with Crippen molar-refractivity contribution in [1.82, 2.24) is 0 Å². The summed E-state index contributed by atoms with van der Waals surface area (Å²) in [6.45, 7) is 0.580. The van der Waals surface area contributed by atoms with E-state index in [0.717, 1.165) is 11.1 Å². The summed E-state index contributed by atoms with van der Waals surface area (Å²) < 4.78 is 6.20. The second kappa shape index (κ2) is 5.32. The van der Waals surface area contributed by atoms with Gasteiger partial charge in [0.1, 0.15) is 11.9 Å². The Balaban J connectivity index is 1.89. The summed E-state index contributed by atoms with van der Waals surface area (Å²) in [4.78, 5) is 0. The van der Waals surface area contributed by atoms with Crippen LogP contribution in [0.1, 0.15) is 22.8 Å². The molecule has 3 aromatic carbocycles. The largest absolute Gasteiger partial charge is 0.508 e. The zero-order valence-electron chi connectivity index (χ0n) is 12.1. The van der Waals surface area contributed by atoms with Gasteiger partial charge in [-0.05, 0) is 39.9 Å². The molecular weight excluding hydrogens is 272 g/mol. The highest BCUT2D eigenvalue weighted by molar-refractivity contribution is 5.72. The second-order valence-corrected chi connectivity index (χ2v) is 5.53. The van der Waals surface area contributed by atoms with Crippen LogP contribution >= 0.6 is 0 Å². The van der Waals surface area contributed by atoms with E-state index in [2.05, 4.69) is 36.4 Å². The molecule has 0 radical (unpaired) electrons. The first-order valence-corrected chi connectivity index (χ1v) is 7.40. The van der Waals surface area contributed by atoms with E-state index < -0.39 is 0 Å². The molecule has 1 N–H and O–H groups in total. The van der Waals surface area contributed by atoms with Gasteiger partial charge in [0.15, 0.2) is 0 Å². The fraction of sp³-hybridized carbons (Fsp3) is 0.100. The minimum absolute atomic E-state index is 0.121. The molecule has 3 aromatic rings. The molecular formula is C20H16O2. The minimum Gasteiger partial charge on any atom is -0.508 e. The number of hydrogen-bond donors (Lipinski definition) is 1. The molecule has 0 bridgehead atoms. The van der Waals surface area contributed by atoms with Crippen molar-refractivity contribution < 1.29 is 9.84 Å². The van der Waals surface area contributed by atoms with Gasteiger partial charge < -0.3 is 9.84 Å². The number of ether oxygens (including phenoxy) is 1. The second-order valence-electron chi connectivity index (χ2n) is 5.53. The third-order valence-electron chi connectivity index (χ3n) is 4.15. The minimum atomic E-state index is -0.121. The van der Waals surface area contributed by atoms with E-state index in [1.54, 1.807) is 12.1 Å². The van der Waals surface area contributed by atoms with Gasteiger partial charge in [0.25, 0.3) is 0 Å². The predicted octanol–water partition coefficient (Wildman–Crippen LogP) is 4.68. The van der Waals surface area contributed by atoms with Crippen molar-refractivity contribution in [3.05, 3.63) is 89.5 Å². The Morgan fingerprint density at radius 2 is 1.45 bits per heavy atom. The number of aromatic hydroxyl groups is 1. The van der Waals surface area contributed by atoms with Gasteiger partial charge in [0.05, 0.1) is 6.61 Å². The molecule has 1 aliphatic heterocycles. The van der Waals surface area contributed by atoms with Crippen LogP contribution in [0.15, 0.2) is 72.8 Å². The predicted molar refractivity (Wildman–Crippen MR) is 86.6 cm³/mol. The van der Waals surface area contributed by atoms with E-state index in [1.807, 2.05) is 24.3 Å². The summed E-state index contributed by atoms with van der Waals surface area (Å²) >= 11 is 0. The molecule has 22 heavy (non-hydrogen) atoms. The first-order chi connectivity index (χ1) is 10.8. The van der Waals surface area contributed by atoms with E-state index >= 15 is 0 Å². The van der Waals surface area contributed by atoms with Crippen LogP contribution in [-0.2, 0) is 11.3 Å². The number of rotatable bonds is 1. The van der Waals surface area contributed by atoms with Gasteiger partial charge in [-0.15, -0.1) is 0 Å². The van der Waals surface area contributed by atoms with Crippen molar-refractivity contribution in [2.75, 3.05) is 0 Å². The maximum Gasteiger partial charge on any atom is 0.115 e. The zero-order valence-corrected chi connectivity index (χ0v) is 12.1. The number of fused-ring (bicyclic) bond motifs is 3. The zero-order chi connectivity index (χ0) is 14.9. The van der Waals surface area contributed by atoms with Gasteiger partial charge in [0.2, 0.25) is 0 Å². The van der Waals surface area contributed by atoms with Crippen LogP contribution in [0, 0.1) is 0 Å². The van der Waals surface area contributed by atoms with Crippen molar-refractivity contribution in [1.29, 1.82) is 0 Å². The molecule has 0 spiro atoms. The van der Waals surface area contributed by atoms with Crippen molar-refractivity contribution in [2.45, 2.75) is 12.7 Å². The van der Waals surface area contributed by atoms with Gasteiger partial charge in [-0.25, -0.2) is 0 Å². The van der Waals surface area contributed by atoms with Crippen molar-refractivity contribution in [3.8, 4) is 16.9 Å². The Bertz CT molecular complexity index is 806. The fourth-order valence-corrected chi connectivity index (χ4v) is 3.07. The molecule has 0 amide bonds. The standard InChI is InChI=1S/C20H16O2/c21-16-11-9-14(10-12-16)20-19-8-4-3-7-18(19)17-6-2-1-5-15(17)13-22-20/h1-12,20-21H,13H2. The van der Waals surface area contributed by atoms with Crippen LogP contribution in [0.4, 0.5) is 0 Å². The molecule has 1 unspecified atom stereocenters. The van der Waals surface area contributed by atoms with Gasteiger partial charge in [-0.3, -0.25) is 0 Å². The summed E-state index contributed by atoms with van der Waals surface area (Å²) in [5, 5.41) is 9.51. The third kappa shape index (κ3) is 2.18. The summed E-state index contributed by atoms with van der Waals surface area (Å²) in [6.07, 6.45) is -0.121. The summed E-state index contributed by atoms with van der Waals surface area (Å²) in [5.74, 6) is 0.272. The quantitative estimate of drug-likeness (QED) is 0.704. The monoisotopic (exact) mass is 288 g/mol. The van der Waals surface area contributed by atoms with Crippen molar-refractivity contribution in [2.24, 2.45) is 0 Å². The number of hydrogen-bond acceptors (Lipinski definition) is 2. The number of benzene rings is 3. The van der Waals surface area contributed by atoms with Crippen LogP contribution in [0.5, 0.6) is 5.75 Å². The number of phenolic OH excluding ortho intramolecular Hbond substituents is 1. The maximum atomic E-state index is 9.51. The normalized spacial score (nSPS) is 16.5. The molecule has 0 aliphatic carbocycles. The lowest BCUT2D eigenvalue weighted by atomic mass is 9.92. The first kappa shape index (κ1) is 13.1. The topological polar surface area (TPSA) is 29.5 Å². The van der Waals surface area contributed by atoms with Gasteiger partial charge in [-0.1, -0.05) is 60.7 Å². The Hall–Kier alpha value is -2.58. The lowest BCUT2D eigenvalue weighted by molar-refractivity contribution is 0.0692. The van der Waals surface area contributed by atoms with E-state index in [0.29, 0.717) is 6.61 Å². The fourth-order valence-electron chi connectivity index (χ4n) is 3.07. The van der Waals surface area contributed by atoms with Crippen LogP contribution in [0.25, 0.3) is 11.1 Å². The summed E-state index contributed by atoms with van der Waals surface area (Å²) in [7, 11) is 0. The molecule has 0 aromatic heterocycles. The highest BCUT2D eigenvalue weighted by Crippen LogP contribution is 2.39. The van der Waals surface area contributed by atoms with Gasteiger partial charge in [-0.2, -0.15) is 0 Å². The lowest BCUT2D eigenvalue weighted by Crippen LogP contribution is -2.04. The molecule has 1 heterocycles. The maximum absolute atomic E-state index is 9.51. The highest BCUT2D eigenvalue weighted by Gasteiger charge is 2.23. The molecule has 4 rings (SSSR count). The SMILES string of the molecule is Oc1ccc(C2OCc3ccccc3-c3ccccc32)cc1. The van der Waals surface area contributed by atoms with Crippen LogP contribution in [-0.4, -0.2) is 5.11 Å². The lowest BCUT2D eigenvalue weighted by Gasteiger charge is -2.18. The molecule has 2 heteroatoms. The van der Waals surface area contributed by atoms with Gasteiger partial charge in [0, 0.05) is 0 Å². The summed E-state index contributed by atoms with van der Waals surface area (Å²) in [5.41, 5.74) is 5.88. The molecule has 0 fully saturated rings. The Morgan fingerprint density at radius 1 is 0.773 bits per heavy atom. The number of phenols is 1. The highest BCUT2D eigenvalue weighted by atomic mass is 16.5. The van der Waals surface area contributed by atoms with Crippen LogP contribution in [0.2, 0.25) is 0 Å². The van der Waals surface area contributed by atoms with Crippen molar-refractivity contribution >= 4 is 0 Å². The third-order valence-corrected chi connectivity index (χ3v) is 4.15. The first-order valence-electron chi connectivity index (χ1n) is 7.40. The molecule has 2 nitrogen and oxygen atoms in total. The van der Waals surface area contributed by atoms with Crippen LogP contribution in [0.3, 0.4) is 0 Å². The van der Waals surface area contributed by atoms with Crippen molar-refractivity contribution in [3.63, 3.8) is 0 Å². The van der Waals surface area contributed by atoms with E-state index in [4.69, 9.17) is 4.74 Å². The van der Waals surface area contributed by atoms with Crippen LogP contribution < -0.4 is 0 Å². The molecule has 0 saturated carbocycles. The molecule has 108 valence electrons. The summed E-state index contributed by atoms with van der Waals surface area (Å²) in [6, 6.07) is 24.0.